The fraction of sp³-hybridized carbons (Fsp3) is 0.455. The Morgan fingerprint density at radius 1 is 1.38 bits per heavy atom. The highest BCUT2D eigenvalue weighted by Gasteiger charge is 2.22. The summed E-state index contributed by atoms with van der Waals surface area (Å²) in [5.41, 5.74) is 2.38. The molecule has 0 fully saturated rings. The molecule has 1 aromatic carbocycles. The second kappa shape index (κ2) is 9.95. The van der Waals surface area contributed by atoms with Crippen molar-refractivity contribution in [2.75, 3.05) is 13.2 Å². The van der Waals surface area contributed by atoms with Gasteiger partial charge in [0, 0.05) is 31.4 Å². The number of rotatable bonds is 9. The fourth-order valence-electron chi connectivity index (χ4n) is 3.07. The Labute approximate surface area is 157 Å². The number of hydrogen-bond acceptors (Lipinski definition) is 3. The van der Waals surface area contributed by atoms with Crippen molar-refractivity contribution in [3.05, 3.63) is 60.0 Å². The lowest BCUT2D eigenvalue weighted by Crippen LogP contribution is -2.36. The van der Waals surface area contributed by atoms with Crippen molar-refractivity contribution in [3.63, 3.8) is 0 Å². The van der Waals surface area contributed by atoms with Crippen LogP contribution >= 0.6 is 0 Å². The van der Waals surface area contributed by atoms with Gasteiger partial charge in [-0.15, -0.1) is 0 Å². The van der Waals surface area contributed by atoms with Crippen LogP contribution in [0.5, 0.6) is 0 Å². The van der Waals surface area contributed by atoms with Crippen molar-refractivity contribution in [1.29, 1.82) is 0 Å². The van der Waals surface area contributed by atoms with Crippen LogP contribution in [0.1, 0.15) is 50.7 Å². The largest absolute Gasteiger partial charge is 0.489 e. The molecule has 2 rings (SSSR count). The van der Waals surface area contributed by atoms with Crippen LogP contribution in [0.4, 0.5) is 0 Å². The Morgan fingerprint density at radius 2 is 2.15 bits per heavy atom. The third-order valence-electron chi connectivity index (χ3n) is 4.74. The van der Waals surface area contributed by atoms with Gasteiger partial charge in [0.2, 0.25) is 0 Å². The molecule has 1 amide bonds. The SMILES string of the molecule is C=C(OCC)C(=O)N(Cc1ccccc1C1C=NC=CC1)CC(C)CC. The van der Waals surface area contributed by atoms with Gasteiger partial charge in [0.25, 0.3) is 5.91 Å². The van der Waals surface area contributed by atoms with Crippen molar-refractivity contribution in [3.8, 4) is 0 Å². The molecule has 4 nitrogen and oxygen atoms in total. The summed E-state index contributed by atoms with van der Waals surface area (Å²) in [6.07, 6.45) is 7.86. The molecule has 1 aliphatic heterocycles. The van der Waals surface area contributed by atoms with E-state index >= 15 is 0 Å². The van der Waals surface area contributed by atoms with Crippen molar-refractivity contribution >= 4 is 12.1 Å². The maximum absolute atomic E-state index is 12.8. The van der Waals surface area contributed by atoms with E-state index in [0.717, 1.165) is 18.4 Å². The van der Waals surface area contributed by atoms with Crippen LogP contribution in [-0.2, 0) is 16.1 Å². The van der Waals surface area contributed by atoms with E-state index < -0.39 is 0 Å². The summed E-state index contributed by atoms with van der Waals surface area (Å²) in [5.74, 6) is 0.765. The van der Waals surface area contributed by atoms with Gasteiger partial charge in [0.1, 0.15) is 0 Å². The van der Waals surface area contributed by atoms with Crippen LogP contribution in [-0.4, -0.2) is 30.2 Å². The van der Waals surface area contributed by atoms with Crippen LogP contribution in [0.15, 0.2) is 53.9 Å². The van der Waals surface area contributed by atoms with Gasteiger partial charge in [-0.2, -0.15) is 0 Å². The third kappa shape index (κ3) is 5.32. The van der Waals surface area contributed by atoms with E-state index in [9.17, 15) is 4.79 Å². The molecule has 26 heavy (non-hydrogen) atoms. The van der Waals surface area contributed by atoms with Gasteiger partial charge in [0.05, 0.1) is 6.61 Å². The van der Waals surface area contributed by atoms with Crippen LogP contribution < -0.4 is 0 Å². The Balaban J connectivity index is 2.24. The van der Waals surface area contributed by atoms with Crippen LogP contribution in [0, 0.1) is 5.92 Å². The molecule has 2 unspecified atom stereocenters. The van der Waals surface area contributed by atoms with Crippen molar-refractivity contribution in [1.82, 2.24) is 4.90 Å². The number of hydrogen-bond donors (Lipinski definition) is 0. The predicted molar refractivity (Wildman–Crippen MR) is 107 cm³/mol. The zero-order chi connectivity index (χ0) is 18.9. The van der Waals surface area contributed by atoms with Gasteiger partial charge in [-0.25, -0.2) is 0 Å². The first kappa shape index (κ1) is 20.0. The van der Waals surface area contributed by atoms with Gasteiger partial charge in [-0.1, -0.05) is 57.2 Å². The summed E-state index contributed by atoms with van der Waals surface area (Å²) in [7, 11) is 0. The van der Waals surface area contributed by atoms with E-state index in [1.54, 1.807) is 0 Å². The molecule has 2 atom stereocenters. The van der Waals surface area contributed by atoms with Gasteiger partial charge < -0.3 is 9.64 Å². The maximum atomic E-state index is 12.8. The van der Waals surface area contributed by atoms with Crippen molar-refractivity contribution < 1.29 is 9.53 Å². The van der Waals surface area contributed by atoms with Gasteiger partial charge in [-0.05, 0) is 30.4 Å². The summed E-state index contributed by atoms with van der Waals surface area (Å²) in [5, 5.41) is 0. The van der Waals surface area contributed by atoms with E-state index in [1.807, 2.05) is 36.4 Å². The van der Waals surface area contributed by atoms with Crippen molar-refractivity contribution in [2.24, 2.45) is 10.9 Å². The van der Waals surface area contributed by atoms with Crippen LogP contribution in [0.2, 0.25) is 0 Å². The molecule has 0 bridgehead atoms. The lowest BCUT2D eigenvalue weighted by Gasteiger charge is -2.28. The molecule has 0 N–H and O–H groups in total. The quantitative estimate of drug-likeness (QED) is 0.477. The first-order valence-corrected chi connectivity index (χ1v) is 9.43. The minimum atomic E-state index is -0.126. The van der Waals surface area contributed by atoms with E-state index in [2.05, 4.69) is 43.6 Å². The Kier molecular flexibility index (Phi) is 7.64. The number of benzene rings is 1. The summed E-state index contributed by atoms with van der Waals surface area (Å²) < 4.78 is 5.37. The molecule has 4 heteroatoms. The highest BCUT2D eigenvalue weighted by atomic mass is 16.5. The zero-order valence-electron chi connectivity index (χ0n) is 16.1. The maximum Gasteiger partial charge on any atom is 0.288 e. The molecule has 0 saturated carbocycles. The van der Waals surface area contributed by atoms with Gasteiger partial charge in [-0.3, -0.25) is 9.79 Å². The highest BCUT2D eigenvalue weighted by Crippen LogP contribution is 2.26. The molecule has 0 aliphatic carbocycles. The first-order valence-electron chi connectivity index (χ1n) is 9.43. The second-order valence-electron chi connectivity index (χ2n) is 6.78. The van der Waals surface area contributed by atoms with Crippen LogP contribution in [0.3, 0.4) is 0 Å². The summed E-state index contributed by atoms with van der Waals surface area (Å²) >= 11 is 0. The number of amides is 1. The van der Waals surface area contributed by atoms with Crippen molar-refractivity contribution in [2.45, 2.75) is 46.1 Å². The summed E-state index contributed by atoms with van der Waals surface area (Å²) in [6.45, 7) is 11.7. The van der Waals surface area contributed by atoms with Gasteiger partial charge >= 0.3 is 0 Å². The second-order valence-corrected chi connectivity index (χ2v) is 6.78. The molecule has 0 aromatic heterocycles. The molecule has 1 aromatic rings. The fourth-order valence-corrected chi connectivity index (χ4v) is 3.07. The summed E-state index contributed by atoms with van der Waals surface area (Å²) in [6, 6.07) is 8.30. The number of carbonyl (C=O) groups excluding carboxylic acids is 1. The number of aliphatic imine (C=N–C) groups is 1. The minimum Gasteiger partial charge on any atom is -0.489 e. The molecule has 140 valence electrons. The number of carbonyl (C=O) groups is 1. The van der Waals surface area contributed by atoms with E-state index in [-0.39, 0.29) is 17.6 Å². The summed E-state index contributed by atoms with van der Waals surface area (Å²) in [4.78, 5) is 19.0. The van der Waals surface area contributed by atoms with Crippen LogP contribution in [0.25, 0.3) is 0 Å². The molecular formula is C22H30N2O2. The van der Waals surface area contributed by atoms with E-state index in [4.69, 9.17) is 4.74 Å². The molecule has 1 heterocycles. The number of nitrogens with zero attached hydrogens (tertiary/aromatic N) is 2. The monoisotopic (exact) mass is 354 g/mol. The normalized spacial score (nSPS) is 17.0. The Hall–Kier alpha value is -2.36. The highest BCUT2D eigenvalue weighted by molar-refractivity contribution is 5.90. The lowest BCUT2D eigenvalue weighted by atomic mass is 9.91. The van der Waals surface area contributed by atoms with E-state index in [0.29, 0.717) is 25.6 Å². The molecule has 0 radical (unpaired) electrons. The molecular weight excluding hydrogens is 324 g/mol. The molecule has 0 spiro atoms. The number of allylic oxidation sites excluding steroid dienone is 1. The third-order valence-corrected chi connectivity index (χ3v) is 4.74. The smallest absolute Gasteiger partial charge is 0.288 e. The average molecular weight is 354 g/mol. The topological polar surface area (TPSA) is 41.9 Å². The molecule has 1 aliphatic rings. The Morgan fingerprint density at radius 3 is 2.81 bits per heavy atom. The molecule has 0 saturated heterocycles. The standard InChI is InChI=1S/C22H30N2O2/c1-5-17(3)15-24(22(25)18(4)26-6-2)16-20-10-7-8-12-21(20)19-11-9-13-23-14-19/h7-10,12-14,17,19H,4-6,11,15-16H2,1-3H3. The zero-order valence-corrected chi connectivity index (χ0v) is 16.1. The lowest BCUT2D eigenvalue weighted by molar-refractivity contribution is -0.132. The minimum absolute atomic E-state index is 0.126. The predicted octanol–water partition coefficient (Wildman–Crippen LogP) is 4.68. The first-order chi connectivity index (χ1) is 12.6. The Bertz CT molecular complexity index is 678. The number of ether oxygens (including phenoxy) is 1. The van der Waals surface area contributed by atoms with E-state index in [1.165, 1.54) is 5.56 Å². The average Bonchev–Trinajstić information content (AvgIpc) is 2.68. The van der Waals surface area contributed by atoms with Gasteiger partial charge in [0.15, 0.2) is 5.76 Å².